The minimum atomic E-state index is 0.262. The first-order chi connectivity index (χ1) is 10.8. The van der Waals surface area contributed by atoms with Crippen LogP contribution in [0.25, 0.3) is 0 Å². The van der Waals surface area contributed by atoms with Gasteiger partial charge < -0.3 is 14.5 Å². The van der Waals surface area contributed by atoms with Crippen molar-refractivity contribution < 1.29 is 9.15 Å². The molecule has 6 heteroatoms. The van der Waals surface area contributed by atoms with Gasteiger partial charge in [0.25, 0.3) is 0 Å². The van der Waals surface area contributed by atoms with Crippen LogP contribution < -0.4 is 5.32 Å². The predicted octanol–water partition coefficient (Wildman–Crippen LogP) is 2.52. The van der Waals surface area contributed by atoms with E-state index in [0.29, 0.717) is 12.6 Å². The van der Waals surface area contributed by atoms with Gasteiger partial charge in [-0.25, -0.2) is 9.67 Å². The second-order valence-corrected chi connectivity index (χ2v) is 6.15. The number of methoxy groups -OCH3 is 1. The number of nitrogens with zero attached hydrogens (tertiary/aromatic N) is 3. The molecule has 4 rings (SSSR count). The van der Waals surface area contributed by atoms with Crippen LogP contribution in [0.4, 0.5) is 0 Å². The Balaban J connectivity index is 1.56. The lowest BCUT2D eigenvalue weighted by molar-refractivity contribution is 0.177. The van der Waals surface area contributed by atoms with Gasteiger partial charge in [0.1, 0.15) is 18.2 Å². The number of hydrogen-bond acceptors (Lipinski definition) is 5. The van der Waals surface area contributed by atoms with E-state index in [9.17, 15) is 0 Å². The Hall–Kier alpha value is -1.66. The van der Waals surface area contributed by atoms with Crippen LogP contribution in [0.1, 0.15) is 60.7 Å². The summed E-state index contributed by atoms with van der Waals surface area (Å²) in [4.78, 5) is 4.67. The maximum Gasteiger partial charge on any atom is 0.176 e. The average molecular weight is 302 g/mol. The molecule has 0 fully saturated rings. The maximum atomic E-state index is 5.59. The number of aromatic nitrogens is 3. The first-order valence-electron chi connectivity index (χ1n) is 8.10. The number of nitrogens with one attached hydrogen (secondary N) is 1. The molecular weight excluding hydrogens is 280 g/mol. The molecule has 2 aliphatic rings. The summed E-state index contributed by atoms with van der Waals surface area (Å²) in [5, 5.41) is 8.33. The Morgan fingerprint density at radius 3 is 3.18 bits per heavy atom. The SMILES string of the molecule is COCc1nc2n(n1)CCC[C@@H]2N[C@H]1CCCc2occc21. The van der Waals surface area contributed by atoms with Crippen LogP contribution in [0, 0.1) is 0 Å². The van der Waals surface area contributed by atoms with Gasteiger partial charge in [0.05, 0.1) is 12.3 Å². The third-order valence-electron chi connectivity index (χ3n) is 4.65. The highest BCUT2D eigenvalue weighted by Gasteiger charge is 2.29. The van der Waals surface area contributed by atoms with Crippen LogP contribution in [-0.2, 0) is 24.3 Å². The summed E-state index contributed by atoms with van der Waals surface area (Å²) in [7, 11) is 1.68. The van der Waals surface area contributed by atoms with Crippen molar-refractivity contribution in [2.45, 2.75) is 57.3 Å². The fraction of sp³-hybridized carbons (Fsp3) is 0.625. The Bertz CT molecular complexity index is 648. The van der Waals surface area contributed by atoms with E-state index in [0.717, 1.165) is 49.6 Å². The minimum Gasteiger partial charge on any atom is -0.469 e. The molecule has 118 valence electrons. The van der Waals surface area contributed by atoms with E-state index in [1.54, 1.807) is 7.11 Å². The summed E-state index contributed by atoms with van der Waals surface area (Å²) in [6, 6.07) is 2.73. The van der Waals surface area contributed by atoms with Crippen molar-refractivity contribution in [1.29, 1.82) is 0 Å². The van der Waals surface area contributed by atoms with Crippen LogP contribution in [0.2, 0.25) is 0 Å². The molecule has 1 N–H and O–H groups in total. The second-order valence-electron chi connectivity index (χ2n) is 6.15. The van der Waals surface area contributed by atoms with Crippen molar-refractivity contribution in [2.75, 3.05) is 7.11 Å². The molecule has 2 aromatic rings. The molecule has 2 aromatic heterocycles. The van der Waals surface area contributed by atoms with Crippen LogP contribution in [-0.4, -0.2) is 21.9 Å². The lowest BCUT2D eigenvalue weighted by atomic mass is 9.92. The number of furan rings is 1. The van der Waals surface area contributed by atoms with Gasteiger partial charge in [-0.05, 0) is 31.7 Å². The molecule has 0 radical (unpaired) electrons. The molecule has 0 saturated carbocycles. The third kappa shape index (κ3) is 2.46. The first-order valence-corrected chi connectivity index (χ1v) is 8.10. The molecule has 0 amide bonds. The summed E-state index contributed by atoms with van der Waals surface area (Å²) in [6.45, 7) is 1.42. The largest absolute Gasteiger partial charge is 0.469 e. The van der Waals surface area contributed by atoms with Crippen LogP contribution >= 0.6 is 0 Å². The Morgan fingerprint density at radius 1 is 1.36 bits per heavy atom. The molecule has 0 spiro atoms. The van der Waals surface area contributed by atoms with Gasteiger partial charge in [-0.3, -0.25) is 0 Å². The van der Waals surface area contributed by atoms with Crippen molar-refractivity contribution >= 4 is 0 Å². The van der Waals surface area contributed by atoms with E-state index in [4.69, 9.17) is 9.15 Å². The van der Waals surface area contributed by atoms with Crippen molar-refractivity contribution in [3.05, 3.63) is 35.3 Å². The van der Waals surface area contributed by atoms with E-state index in [1.807, 2.05) is 10.9 Å². The predicted molar refractivity (Wildman–Crippen MR) is 80.2 cm³/mol. The van der Waals surface area contributed by atoms with Gasteiger partial charge in [0.15, 0.2) is 5.82 Å². The zero-order valence-corrected chi connectivity index (χ0v) is 12.9. The van der Waals surface area contributed by atoms with E-state index >= 15 is 0 Å². The fourth-order valence-corrected chi connectivity index (χ4v) is 3.65. The van der Waals surface area contributed by atoms with Gasteiger partial charge >= 0.3 is 0 Å². The third-order valence-corrected chi connectivity index (χ3v) is 4.65. The lowest BCUT2D eigenvalue weighted by Gasteiger charge is -2.30. The maximum absolute atomic E-state index is 5.59. The van der Waals surface area contributed by atoms with Crippen LogP contribution in [0.3, 0.4) is 0 Å². The summed E-state index contributed by atoms with van der Waals surface area (Å²) >= 11 is 0. The molecular formula is C16H22N4O2. The van der Waals surface area contributed by atoms with Crippen LogP contribution in [0.5, 0.6) is 0 Å². The zero-order chi connectivity index (χ0) is 14.9. The molecule has 0 aromatic carbocycles. The number of hydrogen-bond donors (Lipinski definition) is 1. The summed E-state index contributed by atoms with van der Waals surface area (Å²) in [5.74, 6) is 2.97. The molecule has 1 aliphatic heterocycles. The van der Waals surface area contributed by atoms with Gasteiger partial charge in [0.2, 0.25) is 0 Å². The summed E-state index contributed by atoms with van der Waals surface area (Å²) in [5.41, 5.74) is 1.32. The lowest BCUT2D eigenvalue weighted by Crippen LogP contribution is -2.33. The molecule has 1 aliphatic carbocycles. The van der Waals surface area contributed by atoms with Gasteiger partial charge in [-0.15, -0.1) is 0 Å². The van der Waals surface area contributed by atoms with Crippen molar-refractivity contribution in [2.24, 2.45) is 0 Å². The monoisotopic (exact) mass is 302 g/mol. The standard InChI is InChI=1S/C16H22N4O2/c1-21-10-15-18-16-13(5-3-8-20(16)19-15)17-12-4-2-6-14-11(12)7-9-22-14/h7,9,12-13,17H,2-6,8,10H2,1H3/t12-,13-/m0/s1. The summed E-state index contributed by atoms with van der Waals surface area (Å²) in [6.07, 6.45) is 7.43. The molecule has 2 atom stereocenters. The Kier molecular flexibility index (Phi) is 3.72. The van der Waals surface area contributed by atoms with E-state index < -0.39 is 0 Å². The zero-order valence-electron chi connectivity index (χ0n) is 12.9. The number of rotatable bonds is 4. The van der Waals surface area contributed by atoms with Gasteiger partial charge in [0, 0.05) is 31.7 Å². The van der Waals surface area contributed by atoms with Gasteiger partial charge in [-0.2, -0.15) is 5.10 Å². The molecule has 0 saturated heterocycles. The van der Waals surface area contributed by atoms with E-state index in [-0.39, 0.29) is 6.04 Å². The second kappa shape index (κ2) is 5.85. The summed E-state index contributed by atoms with van der Waals surface area (Å²) < 4.78 is 12.8. The Labute approximate surface area is 129 Å². The molecule has 0 unspecified atom stereocenters. The normalized spacial score (nSPS) is 24.0. The van der Waals surface area contributed by atoms with E-state index in [1.165, 1.54) is 12.0 Å². The van der Waals surface area contributed by atoms with E-state index in [2.05, 4.69) is 21.5 Å². The highest BCUT2D eigenvalue weighted by atomic mass is 16.5. The highest BCUT2D eigenvalue weighted by Crippen LogP contribution is 2.34. The number of fused-ring (bicyclic) bond motifs is 2. The van der Waals surface area contributed by atoms with Gasteiger partial charge in [-0.1, -0.05) is 0 Å². The van der Waals surface area contributed by atoms with Crippen LogP contribution in [0.15, 0.2) is 16.7 Å². The number of aryl methyl sites for hydroxylation is 2. The van der Waals surface area contributed by atoms with Crippen molar-refractivity contribution in [3.63, 3.8) is 0 Å². The molecule has 0 bridgehead atoms. The quantitative estimate of drug-likeness (QED) is 0.940. The number of ether oxygens (including phenoxy) is 1. The fourth-order valence-electron chi connectivity index (χ4n) is 3.65. The molecule has 3 heterocycles. The molecule has 6 nitrogen and oxygen atoms in total. The first kappa shape index (κ1) is 14.0. The van der Waals surface area contributed by atoms with Crippen molar-refractivity contribution in [1.82, 2.24) is 20.1 Å². The highest BCUT2D eigenvalue weighted by molar-refractivity contribution is 5.24. The average Bonchev–Trinajstić information content (AvgIpc) is 3.14. The Morgan fingerprint density at radius 2 is 2.27 bits per heavy atom. The topological polar surface area (TPSA) is 65.1 Å². The van der Waals surface area contributed by atoms with Crippen molar-refractivity contribution in [3.8, 4) is 0 Å². The smallest absolute Gasteiger partial charge is 0.176 e. The molecule has 22 heavy (non-hydrogen) atoms. The minimum absolute atomic E-state index is 0.262.